The highest BCUT2D eigenvalue weighted by Crippen LogP contribution is 2.26. The molecular weight excluding hydrogens is 204 g/mol. The van der Waals surface area contributed by atoms with Gasteiger partial charge >= 0.3 is 0 Å². The van der Waals surface area contributed by atoms with Crippen molar-refractivity contribution in [2.45, 2.75) is 39.2 Å². The fourth-order valence-corrected chi connectivity index (χ4v) is 2.05. The Morgan fingerprint density at radius 2 is 2.27 bits per heavy atom. The summed E-state index contributed by atoms with van der Waals surface area (Å²) >= 11 is 1.77. The zero-order valence-corrected chi connectivity index (χ0v) is 10.4. The Hall–Kier alpha value is -0.850. The Labute approximate surface area is 96.1 Å². The van der Waals surface area contributed by atoms with Crippen LogP contribution in [-0.4, -0.2) is 11.5 Å². The number of nitrogens with zero attached hydrogens (tertiary/aromatic N) is 1. The van der Waals surface area contributed by atoms with Crippen molar-refractivity contribution in [1.82, 2.24) is 10.3 Å². The standard InChI is InChI=1S/C12H18N2S/c1-5-6-7-13-8-10-9-14-11(15-10)12(2,3)4/h1,9,13H,6-8H2,2-4H3. The summed E-state index contributed by atoms with van der Waals surface area (Å²) in [6.07, 6.45) is 7.90. The maximum Gasteiger partial charge on any atom is 0.0981 e. The minimum absolute atomic E-state index is 0.154. The van der Waals surface area contributed by atoms with E-state index < -0.39 is 0 Å². The highest BCUT2D eigenvalue weighted by molar-refractivity contribution is 7.11. The van der Waals surface area contributed by atoms with Crippen molar-refractivity contribution in [3.05, 3.63) is 16.1 Å². The zero-order chi connectivity index (χ0) is 11.3. The van der Waals surface area contributed by atoms with E-state index in [0.29, 0.717) is 0 Å². The van der Waals surface area contributed by atoms with Gasteiger partial charge in [-0.2, -0.15) is 0 Å². The lowest BCUT2D eigenvalue weighted by atomic mass is 9.98. The molecule has 0 aliphatic rings. The van der Waals surface area contributed by atoms with Crippen molar-refractivity contribution in [2.24, 2.45) is 0 Å². The third-order valence-corrected chi connectivity index (χ3v) is 3.36. The third-order valence-electron chi connectivity index (χ3n) is 1.94. The first-order chi connectivity index (χ1) is 7.04. The van der Waals surface area contributed by atoms with E-state index in [1.807, 2.05) is 6.20 Å². The summed E-state index contributed by atoms with van der Waals surface area (Å²) < 4.78 is 0. The molecule has 2 nitrogen and oxygen atoms in total. The molecule has 0 aromatic carbocycles. The van der Waals surface area contributed by atoms with E-state index in [0.717, 1.165) is 19.5 Å². The molecule has 1 aromatic heterocycles. The molecule has 0 saturated carbocycles. The van der Waals surface area contributed by atoms with Crippen LogP contribution in [0.15, 0.2) is 6.20 Å². The minimum atomic E-state index is 0.154. The largest absolute Gasteiger partial charge is 0.311 e. The van der Waals surface area contributed by atoms with Crippen LogP contribution in [0.3, 0.4) is 0 Å². The fourth-order valence-electron chi connectivity index (χ4n) is 1.11. The van der Waals surface area contributed by atoms with Crippen molar-refractivity contribution >= 4 is 11.3 Å². The van der Waals surface area contributed by atoms with Gasteiger partial charge in [-0.3, -0.25) is 0 Å². The molecule has 1 aromatic rings. The van der Waals surface area contributed by atoms with Crippen molar-refractivity contribution in [2.75, 3.05) is 6.54 Å². The number of nitrogens with one attached hydrogen (secondary N) is 1. The molecule has 1 rings (SSSR count). The van der Waals surface area contributed by atoms with Gasteiger partial charge in [0.25, 0.3) is 0 Å². The molecule has 1 heterocycles. The smallest absolute Gasteiger partial charge is 0.0981 e. The molecule has 0 saturated heterocycles. The summed E-state index contributed by atoms with van der Waals surface area (Å²) in [5.41, 5.74) is 0.154. The molecule has 0 atom stereocenters. The number of rotatable bonds is 4. The molecule has 0 spiro atoms. The molecule has 0 bridgehead atoms. The van der Waals surface area contributed by atoms with Gasteiger partial charge in [-0.1, -0.05) is 20.8 Å². The van der Waals surface area contributed by atoms with Gasteiger partial charge in [-0.15, -0.1) is 23.7 Å². The summed E-state index contributed by atoms with van der Waals surface area (Å²) in [7, 11) is 0. The van der Waals surface area contributed by atoms with E-state index in [-0.39, 0.29) is 5.41 Å². The Kier molecular flexibility index (Phi) is 4.31. The van der Waals surface area contributed by atoms with Crippen LogP contribution in [0.25, 0.3) is 0 Å². The molecule has 3 heteroatoms. The second-order valence-corrected chi connectivity index (χ2v) is 5.63. The predicted octanol–water partition coefficient (Wildman–Crippen LogP) is 2.55. The molecule has 82 valence electrons. The van der Waals surface area contributed by atoms with E-state index in [1.165, 1.54) is 9.88 Å². The lowest BCUT2D eigenvalue weighted by Crippen LogP contribution is -2.13. The average Bonchev–Trinajstić information content (AvgIpc) is 2.60. The average molecular weight is 222 g/mol. The number of hydrogen-bond acceptors (Lipinski definition) is 3. The second kappa shape index (κ2) is 5.29. The number of thiazole rings is 1. The normalized spacial score (nSPS) is 11.3. The lowest BCUT2D eigenvalue weighted by Gasteiger charge is -2.13. The van der Waals surface area contributed by atoms with Crippen LogP contribution in [0, 0.1) is 12.3 Å². The molecule has 0 fully saturated rings. The van der Waals surface area contributed by atoms with Crippen molar-refractivity contribution < 1.29 is 0 Å². The van der Waals surface area contributed by atoms with Gasteiger partial charge in [0.05, 0.1) is 5.01 Å². The van der Waals surface area contributed by atoms with Gasteiger partial charge in [0.1, 0.15) is 0 Å². The number of aromatic nitrogens is 1. The molecule has 15 heavy (non-hydrogen) atoms. The van der Waals surface area contributed by atoms with Crippen LogP contribution < -0.4 is 5.32 Å². The van der Waals surface area contributed by atoms with Crippen molar-refractivity contribution in [3.8, 4) is 12.3 Å². The quantitative estimate of drug-likeness (QED) is 0.625. The van der Waals surface area contributed by atoms with Crippen LogP contribution in [-0.2, 0) is 12.0 Å². The SMILES string of the molecule is C#CCCNCc1cnc(C(C)(C)C)s1. The van der Waals surface area contributed by atoms with Gasteiger partial charge in [0.2, 0.25) is 0 Å². The second-order valence-electron chi connectivity index (χ2n) is 4.51. The number of terminal acetylenes is 1. The first kappa shape index (κ1) is 12.2. The Balaban J connectivity index is 2.44. The highest BCUT2D eigenvalue weighted by atomic mass is 32.1. The minimum Gasteiger partial charge on any atom is -0.311 e. The van der Waals surface area contributed by atoms with E-state index in [4.69, 9.17) is 6.42 Å². The van der Waals surface area contributed by atoms with E-state index in [9.17, 15) is 0 Å². The van der Waals surface area contributed by atoms with Crippen molar-refractivity contribution in [3.63, 3.8) is 0 Å². The van der Waals surface area contributed by atoms with Gasteiger partial charge in [-0.05, 0) is 0 Å². The van der Waals surface area contributed by atoms with Crippen molar-refractivity contribution in [1.29, 1.82) is 0 Å². The summed E-state index contributed by atoms with van der Waals surface area (Å²) in [4.78, 5) is 5.70. The van der Waals surface area contributed by atoms with Gasteiger partial charge < -0.3 is 5.32 Å². The lowest BCUT2D eigenvalue weighted by molar-refractivity contribution is 0.585. The van der Waals surface area contributed by atoms with E-state index >= 15 is 0 Å². The maximum atomic E-state index is 5.17. The summed E-state index contributed by atoms with van der Waals surface area (Å²) in [6.45, 7) is 8.29. The summed E-state index contributed by atoms with van der Waals surface area (Å²) in [6, 6.07) is 0. The maximum absolute atomic E-state index is 5.17. The predicted molar refractivity (Wildman–Crippen MR) is 66.0 cm³/mol. The van der Waals surface area contributed by atoms with E-state index in [1.54, 1.807) is 11.3 Å². The van der Waals surface area contributed by atoms with Gasteiger partial charge in [0, 0.05) is 36.0 Å². The molecule has 0 radical (unpaired) electrons. The summed E-state index contributed by atoms with van der Waals surface area (Å²) in [5, 5.41) is 4.49. The van der Waals surface area contributed by atoms with Crippen LogP contribution in [0.1, 0.15) is 37.1 Å². The fraction of sp³-hybridized carbons (Fsp3) is 0.583. The Morgan fingerprint density at radius 1 is 1.53 bits per heavy atom. The molecule has 0 amide bonds. The highest BCUT2D eigenvalue weighted by Gasteiger charge is 2.17. The van der Waals surface area contributed by atoms with Crippen LogP contribution in [0.2, 0.25) is 0 Å². The Bertz CT molecular complexity index is 341. The molecule has 0 aliphatic heterocycles. The first-order valence-electron chi connectivity index (χ1n) is 5.13. The first-order valence-corrected chi connectivity index (χ1v) is 5.95. The van der Waals surface area contributed by atoms with Crippen LogP contribution in [0.5, 0.6) is 0 Å². The number of hydrogen-bond donors (Lipinski definition) is 1. The van der Waals surface area contributed by atoms with Gasteiger partial charge in [-0.25, -0.2) is 4.98 Å². The zero-order valence-electron chi connectivity index (χ0n) is 9.63. The monoisotopic (exact) mass is 222 g/mol. The Morgan fingerprint density at radius 3 is 2.80 bits per heavy atom. The summed E-state index contributed by atoms with van der Waals surface area (Å²) in [5.74, 6) is 2.61. The molecule has 0 aliphatic carbocycles. The van der Waals surface area contributed by atoms with Crippen LogP contribution >= 0.6 is 11.3 Å². The van der Waals surface area contributed by atoms with Crippen LogP contribution in [0.4, 0.5) is 0 Å². The topological polar surface area (TPSA) is 24.9 Å². The van der Waals surface area contributed by atoms with Gasteiger partial charge in [0.15, 0.2) is 0 Å². The van der Waals surface area contributed by atoms with E-state index in [2.05, 4.69) is 37.0 Å². The third kappa shape index (κ3) is 4.03. The molecule has 1 N–H and O–H groups in total. The molecular formula is C12H18N2S. The molecule has 0 unspecified atom stereocenters.